The number of aryl methyl sites for hydroxylation is 1. The second-order valence-corrected chi connectivity index (χ2v) is 11.7. The van der Waals surface area contributed by atoms with Crippen molar-refractivity contribution in [1.29, 1.82) is 0 Å². The molecule has 0 radical (unpaired) electrons. The molecule has 214 valence electrons. The third-order valence-corrected chi connectivity index (χ3v) is 8.09. The minimum absolute atomic E-state index is 0.0300. The van der Waals surface area contributed by atoms with E-state index in [9.17, 15) is 18.0 Å². The number of benzene rings is 3. The molecule has 0 heterocycles. The molecule has 1 unspecified atom stereocenters. The first-order valence-corrected chi connectivity index (χ1v) is 15.0. The number of nitrogens with one attached hydrogen (secondary N) is 1. The predicted octanol–water partition coefficient (Wildman–Crippen LogP) is 4.92. The van der Waals surface area contributed by atoms with E-state index in [-0.39, 0.29) is 23.4 Å². The van der Waals surface area contributed by atoms with Crippen LogP contribution in [0.25, 0.3) is 0 Å². The largest absolute Gasteiger partial charge is 0.494 e. The highest BCUT2D eigenvalue weighted by Crippen LogP contribution is 2.26. The number of anilines is 1. The number of amides is 2. The number of carbonyl (C=O) groups excluding carboxylic acids is 2. The van der Waals surface area contributed by atoms with Crippen molar-refractivity contribution in [2.75, 3.05) is 17.5 Å². The normalized spacial score (nSPS) is 12.1. The Morgan fingerprint density at radius 3 is 2.17 bits per heavy atom. The standard InChI is InChI=1S/C31H39N3O5S/c1-6-29(31(36)32-23(3)4)33(21-25-13-11-12-24(5)20-25)30(35)22-34(26-14-9-8-10-15-26)40(37,38)28-18-16-27(17-19-28)39-7-2/h8-20,23,29H,6-7,21-22H2,1-5H3,(H,32,36). The van der Waals surface area contributed by atoms with E-state index < -0.39 is 28.5 Å². The maximum absolute atomic E-state index is 14.0. The van der Waals surface area contributed by atoms with Crippen LogP contribution in [0.3, 0.4) is 0 Å². The maximum Gasteiger partial charge on any atom is 0.264 e. The van der Waals surface area contributed by atoms with E-state index in [0.29, 0.717) is 24.5 Å². The molecule has 0 bridgehead atoms. The van der Waals surface area contributed by atoms with Gasteiger partial charge >= 0.3 is 0 Å². The van der Waals surface area contributed by atoms with E-state index in [4.69, 9.17) is 4.74 Å². The molecule has 0 aromatic heterocycles. The summed E-state index contributed by atoms with van der Waals surface area (Å²) in [7, 11) is -4.14. The van der Waals surface area contributed by atoms with Crippen LogP contribution in [0.4, 0.5) is 5.69 Å². The predicted molar refractivity (Wildman–Crippen MR) is 158 cm³/mol. The first-order chi connectivity index (χ1) is 19.1. The van der Waals surface area contributed by atoms with Crippen molar-refractivity contribution in [3.8, 4) is 5.75 Å². The molecule has 40 heavy (non-hydrogen) atoms. The molecule has 0 aliphatic rings. The lowest BCUT2D eigenvalue weighted by atomic mass is 10.1. The van der Waals surface area contributed by atoms with Gasteiger partial charge in [0.05, 0.1) is 17.2 Å². The Labute approximate surface area is 238 Å². The van der Waals surface area contributed by atoms with Crippen molar-refractivity contribution < 1.29 is 22.7 Å². The van der Waals surface area contributed by atoms with Crippen LogP contribution >= 0.6 is 0 Å². The van der Waals surface area contributed by atoms with Crippen LogP contribution in [0.15, 0.2) is 83.8 Å². The average Bonchev–Trinajstić information content (AvgIpc) is 2.92. The van der Waals surface area contributed by atoms with Gasteiger partial charge in [0, 0.05) is 12.6 Å². The maximum atomic E-state index is 14.0. The second-order valence-electron chi connectivity index (χ2n) is 9.85. The Morgan fingerprint density at radius 2 is 1.60 bits per heavy atom. The zero-order chi connectivity index (χ0) is 29.3. The Bertz CT molecular complexity index is 1380. The van der Waals surface area contributed by atoms with Gasteiger partial charge < -0.3 is 15.0 Å². The van der Waals surface area contributed by atoms with Crippen LogP contribution < -0.4 is 14.4 Å². The lowest BCUT2D eigenvalue weighted by Gasteiger charge is -2.33. The fourth-order valence-electron chi connectivity index (χ4n) is 4.43. The Morgan fingerprint density at radius 1 is 0.925 bits per heavy atom. The molecular weight excluding hydrogens is 526 g/mol. The zero-order valence-corrected chi connectivity index (χ0v) is 24.6. The molecule has 3 aromatic carbocycles. The van der Waals surface area contributed by atoms with Crippen molar-refractivity contribution in [3.63, 3.8) is 0 Å². The summed E-state index contributed by atoms with van der Waals surface area (Å²) in [5, 5.41) is 2.91. The molecule has 0 saturated carbocycles. The summed E-state index contributed by atoms with van der Waals surface area (Å²) in [4.78, 5) is 28.8. The number of rotatable bonds is 13. The molecule has 3 rings (SSSR count). The van der Waals surface area contributed by atoms with Gasteiger partial charge in [-0.1, -0.05) is 55.0 Å². The van der Waals surface area contributed by atoms with Crippen LogP contribution in [0.2, 0.25) is 0 Å². The van der Waals surface area contributed by atoms with Gasteiger partial charge in [-0.05, 0) is 76.1 Å². The van der Waals surface area contributed by atoms with Crippen LogP contribution in [-0.2, 0) is 26.2 Å². The number of carbonyl (C=O) groups is 2. The highest BCUT2D eigenvalue weighted by atomic mass is 32.2. The summed E-state index contributed by atoms with van der Waals surface area (Å²) in [6.45, 7) is 9.51. The second kappa shape index (κ2) is 14.0. The summed E-state index contributed by atoms with van der Waals surface area (Å²) in [6.07, 6.45) is 0.368. The highest BCUT2D eigenvalue weighted by Gasteiger charge is 2.33. The van der Waals surface area contributed by atoms with Gasteiger partial charge in [0.25, 0.3) is 10.0 Å². The highest BCUT2D eigenvalue weighted by molar-refractivity contribution is 7.92. The van der Waals surface area contributed by atoms with Crippen molar-refractivity contribution in [3.05, 3.63) is 90.0 Å². The smallest absolute Gasteiger partial charge is 0.264 e. The summed E-state index contributed by atoms with van der Waals surface area (Å²) in [6, 6.07) is 21.4. The van der Waals surface area contributed by atoms with E-state index in [1.807, 2.05) is 58.9 Å². The zero-order valence-electron chi connectivity index (χ0n) is 23.8. The molecule has 0 aliphatic heterocycles. The van der Waals surface area contributed by atoms with Gasteiger partial charge in [-0.3, -0.25) is 13.9 Å². The molecule has 9 heteroatoms. The van der Waals surface area contributed by atoms with Gasteiger partial charge in [0.1, 0.15) is 18.3 Å². The van der Waals surface area contributed by atoms with Gasteiger partial charge in [-0.25, -0.2) is 8.42 Å². The monoisotopic (exact) mass is 565 g/mol. The van der Waals surface area contributed by atoms with Crippen molar-refractivity contribution in [2.24, 2.45) is 0 Å². The van der Waals surface area contributed by atoms with Crippen LogP contribution in [-0.4, -0.2) is 50.4 Å². The molecule has 1 atom stereocenters. The summed E-state index contributed by atoms with van der Waals surface area (Å²) in [5.74, 6) is -0.208. The Balaban J connectivity index is 2.03. The molecule has 8 nitrogen and oxygen atoms in total. The molecule has 0 saturated heterocycles. The molecular formula is C31H39N3O5S. The summed E-state index contributed by atoms with van der Waals surface area (Å²) >= 11 is 0. The van der Waals surface area contributed by atoms with Crippen LogP contribution in [0.1, 0.15) is 45.2 Å². The third kappa shape index (κ3) is 7.85. The van der Waals surface area contributed by atoms with Crippen molar-refractivity contribution in [1.82, 2.24) is 10.2 Å². The summed E-state index contributed by atoms with van der Waals surface area (Å²) in [5.41, 5.74) is 2.22. The van der Waals surface area contributed by atoms with Crippen molar-refractivity contribution >= 4 is 27.5 Å². The lowest BCUT2D eigenvalue weighted by Crippen LogP contribution is -2.53. The minimum atomic E-state index is -4.14. The fourth-order valence-corrected chi connectivity index (χ4v) is 5.85. The van der Waals surface area contributed by atoms with Crippen LogP contribution in [0, 0.1) is 6.92 Å². The van der Waals surface area contributed by atoms with E-state index in [1.54, 1.807) is 42.5 Å². The van der Waals surface area contributed by atoms with E-state index >= 15 is 0 Å². The first kappa shape index (κ1) is 30.7. The molecule has 0 spiro atoms. The number of nitrogens with zero attached hydrogens (tertiary/aromatic N) is 2. The Kier molecular flexibility index (Phi) is 10.7. The van der Waals surface area contributed by atoms with E-state index in [2.05, 4.69) is 5.32 Å². The lowest BCUT2D eigenvalue weighted by molar-refractivity contribution is -0.140. The topological polar surface area (TPSA) is 96.0 Å². The fraction of sp³-hybridized carbons (Fsp3) is 0.355. The molecule has 1 N–H and O–H groups in total. The average molecular weight is 566 g/mol. The number of hydrogen-bond donors (Lipinski definition) is 1. The number of para-hydroxylation sites is 1. The molecule has 3 aromatic rings. The number of ether oxygens (including phenoxy) is 1. The minimum Gasteiger partial charge on any atom is -0.494 e. The number of sulfonamides is 1. The van der Waals surface area contributed by atoms with E-state index in [1.165, 1.54) is 17.0 Å². The van der Waals surface area contributed by atoms with Crippen LogP contribution in [0.5, 0.6) is 5.75 Å². The third-order valence-electron chi connectivity index (χ3n) is 6.30. The summed E-state index contributed by atoms with van der Waals surface area (Å²) < 4.78 is 34.4. The molecule has 0 fully saturated rings. The van der Waals surface area contributed by atoms with Crippen molar-refractivity contribution in [2.45, 2.75) is 64.6 Å². The first-order valence-electron chi connectivity index (χ1n) is 13.5. The molecule has 2 amide bonds. The van der Waals surface area contributed by atoms with E-state index in [0.717, 1.165) is 15.4 Å². The van der Waals surface area contributed by atoms with Gasteiger partial charge in [-0.2, -0.15) is 0 Å². The van der Waals surface area contributed by atoms with Gasteiger partial charge in [-0.15, -0.1) is 0 Å². The molecule has 0 aliphatic carbocycles. The Hall–Kier alpha value is -3.85. The number of hydrogen-bond acceptors (Lipinski definition) is 5. The quantitative estimate of drug-likeness (QED) is 0.317. The SMILES string of the molecule is CCOc1ccc(S(=O)(=O)N(CC(=O)N(Cc2cccc(C)c2)C(CC)C(=O)NC(C)C)c2ccccc2)cc1. The van der Waals surface area contributed by atoms with Gasteiger partial charge in [0.2, 0.25) is 11.8 Å². The van der Waals surface area contributed by atoms with Gasteiger partial charge in [0.15, 0.2) is 0 Å².